The predicted octanol–water partition coefficient (Wildman–Crippen LogP) is 2.85. The van der Waals surface area contributed by atoms with Crippen LogP contribution in [0, 0.1) is 23.2 Å². The van der Waals surface area contributed by atoms with Crippen LogP contribution in [0.15, 0.2) is 0 Å². The molecule has 0 unspecified atom stereocenters. The predicted molar refractivity (Wildman–Crippen MR) is 92.3 cm³/mol. The number of rotatable bonds is 8. The summed E-state index contributed by atoms with van der Waals surface area (Å²) in [6.07, 6.45) is 5.86. The van der Waals surface area contributed by atoms with Crippen molar-refractivity contribution in [2.75, 3.05) is 13.2 Å². The van der Waals surface area contributed by atoms with E-state index in [0.717, 1.165) is 38.5 Å². The summed E-state index contributed by atoms with van der Waals surface area (Å²) < 4.78 is 60.8. The molecule has 4 bridgehead atoms. The Morgan fingerprint density at radius 2 is 1.59 bits per heavy atom. The van der Waals surface area contributed by atoms with Gasteiger partial charge in [-0.25, -0.2) is 4.79 Å². The number of aliphatic hydroxyl groups is 1. The molecule has 0 saturated heterocycles. The highest BCUT2D eigenvalue weighted by Crippen LogP contribution is 2.60. The molecule has 4 saturated carbocycles. The maximum atomic E-state index is 14.1. The first-order valence-electron chi connectivity index (χ1n) is 9.48. The average Bonchev–Trinajstić information content (AvgIpc) is 2.49. The Kier molecular flexibility index (Phi) is 5.36. The number of halogens is 2. The molecule has 0 amide bonds. The van der Waals surface area contributed by atoms with Gasteiger partial charge in [-0.2, -0.15) is 17.2 Å². The molecule has 0 radical (unpaired) electrons. The van der Waals surface area contributed by atoms with E-state index in [-0.39, 0.29) is 18.4 Å². The van der Waals surface area contributed by atoms with Gasteiger partial charge in [0.1, 0.15) is 0 Å². The summed E-state index contributed by atoms with van der Waals surface area (Å²) in [5.41, 5.74) is -1.56. The van der Waals surface area contributed by atoms with Gasteiger partial charge in [0, 0.05) is 11.8 Å². The van der Waals surface area contributed by atoms with E-state index >= 15 is 0 Å². The topological polar surface area (TPSA) is 89.9 Å². The van der Waals surface area contributed by atoms with Crippen LogP contribution in [-0.2, 0) is 23.8 Å². The smallest absolute Gasteiger partial charge is 0.460 e. The second kappa shape index (κ2) is 6.91. The summed E-state index contributed by atoms with van der Waals surface area (Å²) in [6.45, 7) is 1.97. The van der Waals surface area contributed by atoms with Crippen molar-refractivity contribution in [2.45, 2.75) is 69.6 Å². The molecule has 0 atom stereocenters. The lowest BCUT2D eigenvalue weighted by Gasteiger charge is -2.56. The molecule has 0 aliphatic heterocycles. The number of hydrogen-bond donors (Lipinski definition) is 1. The zero-order valence-corrected chi connectivity index (χ0v) is 16.6. The van der Waals surface area contributed by atoms with Gasteiger partial charge in [-0.3, -0.25) is 4.18 Å². The van der Waals surface area contributed by atoms with Crippen molar-refractivity contribution in [3.05, 3.63) is 0 Å². The summed E-state index contributed by atoms with van der Waals surface area (Å²) in [4.78, 5) is 11.9. The fourth-order valence-electron chi connectivity index (χ4n) is 5.35. The van der Waals surface area contributed by atoms with Gasteiger partial charge in [-0.05, 0) is 70.1 Å². The third-order valence-electron chi connectivity index (χ3n) is 6.18. The molecule has 0 aromatic carbocycles. The van der Waals surface area contributed by atoms with E-state index in [1.165, 1.54) is 13.8 Å². The van der Waals surface area contributed by atoms with Crippen molar-refractivity contribution in [3.8, 4) is 0 Å². The average molecular weight is 410 g/mol. The van der Waals surface area contributed by atoms with E-state index in [1.807, 2.05) is 0 Å². The molecule has 4 rings (SSSR count). The zero-order chi connectivity index (χ0) is 20.1. The third kappa shape index (κ3) is 4.45. The molecule has 0 spiro atoms. The fraction of sp³-hybridized carbons (Fsp3) is 0.944. The van der Waals surface area contributed by atoms with Gasteiger partial charge in [0.15, 0.2) is 0 Å². The molecule has 27 heavy (non-hydrogen) atoms. The van der Waals surface area contributed by atoms with Crippen LogP contribution in [0.1, 0.15) is 58.8 Å². The number of hydrogen-bond acceptors (Lipinski definition) is 6. The first kappa shape index (κ1) is 20.9. The lowest BCUT2D eigenvalue weighted by molar-refractivity contribution is -0.172. The Bertz CT molecular complexity index is 647. The van der Waals surface area contributed by atoms with Crippen molar-refractivity contribution in [1.29, 1.82) is 0 Å². The minimum Gasteiger partial charge on any atom is -0.460 e. The molecule has 6 nitrogen and oxygen atoms in total. The van der Waals surface area contributed by atoms with Gasteiger partial charge >= 0.3 is 21.3 Å². The maximum absolute atomic E-state index is 14.1. The lowest BCUT2D eigenvalue weighted by atomic mass is 9.50. The van der Waals surface area contributed by atoms with Crippen LogP contribution in [-0.4, -0.2) is 43.6 Å². The second-order valence-electron chi connectivity index (χ2n) is 9.35. The number of carbonyl (C=O) groups is 1. The summed E-state index contributed by atoms with van der Waals surface area (Å²) in [6, 6.07) is 0. The SMILES string of the molecule is CC(C)(O)CCOS(=O)(=O)C(F)(F)C(=O)OCC12CC3CC(CC(C3)C1)C2. The summed E-state index contributed by atoms with van der Waals surface area (Å²) >= 11 is 0. The van der Waals surface area contributed by atoms with Crippen LogP contribution in [0.25, 0.3) is 0 Å². The molecular formula is C18H28F2O6S. The molecule has 156 valence electrons. The Morgan fingerprint density at radius 1 is 1.11 bits per heavy atom. The quantitative estimate of drug-likeness (QED) is 0.489. The van der Waals surface area contributed by atoms with E-state index < -0.39 is 33.5 Å². The van der Waals surface area contributed by atoms with E-state index in [9.17, 15) is 27.1 Å². The van der Waals surface area contributed by atoms with Crippen LogP contribution in [0.5, 0.6) is 0 Å². The molecule has 0 aromatic heterocycles. The number of carbonyl (C=O) groups excluding carboxylic acids is 1. The largest absolute Gasteiger partial charge is 0.466 e. The van der Waals surface area contributed by atoms with Crippen molar-refractivity contribution >= 4 is 16.1 Å². The Hall–Kier alpha value is -0.800. The summed E-state index contributed by atoms with van der Waals surface area (Å²) in [7, 11) is -5.48. The van der Waals surface area contributed by atoms with Gasteiger partial charge in [0.05, 0.1) is 18.8 Å². The van der Waals surface area contributed by atoms with Gasteiger partial charge < -0.3 is 9.84 Å². The van der Waals surface area contributed by atoms with Gasteiger partial charge in [-0.15, -0.1) is 0 Å². The molecule has 4 aliphatic rings. The number of alkyl halides is 2. The van der Waals surface area contributed by atoms with Gasteiger partial charge in [0.25, 0.3) is 0 Å². The van der Waals surface area contributed by atoms with Crippen LogP contribution >= 0.6 is 0 Å². The first-order chi connectivity index (χ1) is 12.3. The number of esters is 1. The van der Waals surface area contributed by atoms with Crippen LogP contribution < -0.4 is 0 Å². The van der Waals surface area contributed by atoms with E-state index in [0.29, 0.717) is 17.8 Å². The van der Waals surface area contributed by atoms with Crippen molar-refractivity contribution in [3.63, 3.8) is 0 Å². The highest BCUT2D eigenvalue weighted by Gasteiger charge is 2.57. The van der Waals surface area contributed by atoms with E-state index in [1.54, 1.807) is 0 Å². The molecular weight excluding hydrogens is 382 g/mol. The summed E-state index contributed by atoms with van der Waals surface area (Å²) in [5.74, 6) is -0.403. The standard InChI is InChI=1S/C18H28F2O6S/c1-16(2,22)3-4-26-27(23,24)18(19,20)15(21)25-11-17-8-12-5-13(9-17)7-14(6-12)10-17/h12-14,22H,3-11H2,1-2H3. The minimum absolute atomic E-state index is 0.163. The Morgan fingerprint density at radius 3 is 2.04 bits per heavy atom. The molecule has 4 fully saturated rings. The van der Waals surface area contributed by atoms with Gasteiger partial charge in [-0.1, -0.05) is 0 Å². The fourth-order valence-corrected chi connectivity index (χ4v) is 6.06. The highest BCUT2D eigenvalue weighted by atomic mass is 32.2. The third-order valence-corrected chi connectivity index (χ3v) is 7.45. The Balaban J connectivity index is 1.58. The highest BCUT2D eigenvalue weighted by molar-refractivity contribution is 7.88. The molecule has 1 N–H and O–H groups in total. The first-order valence-corrected chi connectivity index (χ1v) is 10.9. The second-order valence-corrected chi connectivity index (χ2v) is 11.0. The normalized spacial score (nSPS) is 33.3. The molecule has 9 heteroatoms. The zero-order valence-electron chi connectivity index (χ0n) is 15.7. The minimum atomic E-state index is -5.48. The monoisotopic (exact) mass is 410 g/mol. The van der Waals surface area contributed by atoms with E-state index in [4.69, 9.17) is 4.74 Å². The molecule has 0 aromatic rings. The van der Waals surface area contributed by atoms with Crippen LogP contribution in [0.3, 0.4) is 0 Å². The van der Waals surface area contributed by atoms with Gasteiger partial charge in [0.2, 0.25) is 0 Å². The molecule has 4 aliphatic carbocycles. The van der Waals surface area contributed by atoms with E-state index in [2.05, 4.69) is 4.18 Å². The van der Waals surface area contributed by atoms with Crippen molar-refractivity contribution in [1.82, 2.24) is 0 Å². The molecule has 0 heterocycles. The summed E-state index contributed by atoms with van der Waals surface area (Å²) in [5, 5.41) is 4.74. The number of ether oxygens (including phenoxy) is 1. The Labute approximate surface area is 158 Å². The van der Waals surface area contributed by atoms with Crippen LogP contribution in [0.4, 0.5) is 8.78 Å². The lowest BCUT2D eigenvalue weighted by Crippen LogP contribution is -2.49. The maximum Gasteiger partial charge on any atom is 0.466 e. The van der Waals surface area contributed by atoms with Crippen molar-refractivity contribution < 1.29 is 36.0 Å². The van der Waals surface area contributed by atoms with Crippen molar-refractivity contribution in [2.24, 2.45) is 23.2 Å². The van der Waals surface area contributed by atoms with Crippen LogP contribution in [0.2, 0.25) is 0 Å².